The van der Waals surface area contributed by atoms with E-state index in [1.165, 1.54) is 7.11 Å². The Morgan fingerprint density at radius 3 is 2.78 bits per heavy atom. The molecule has 1 aromatic rings. The minimum Gasteiger partial charge on any atom is -0.468 e. The molecular formula is C11H7ClF3NO2. The molecule has 7 heteroatoms. The Balaban J connectivity index is 2.96. The smallest absolute Gasteiger partial charge is 0.419 e. The molecular weight excluding hydrogens is 271 g/mol. The Kier molecular flexibility index (Phi) is 4.56. The summed E-state index contributed by atoms with van der Waals surface area (Å²) in [6, 6.07) is 0.777. The van der Waals surface area contributed by atoms with Crippen LogP contribution < -0.4 is 0 Å². The summed E-state index contributed by atoms with van der Waals surface area (Å²) in [6.07, 6.45) is -3.70. The highest BCUT2D eigenvalue weighted by molar-refractivity contribution is 6.30. The third kappa shape index (κ3) is 3.93. The zero-order chi connectivity index (χ0) is 13.8. The maximum Gasteiger partial charge on any atom is 0.419 e. The van der Waals surface area contributed by atoms with Crippen LogP contribution in [0.25, 0.3) is 0 Å². The summed E-state index contributed by atoms with van der Waals surface area (Å²) in [5.74, 6) is 4.18. The largest absolute Gasteiger partial charge is 0.468 e. The number of methoxy groups -OCH3 is 1. The summed E-state index contributed by atoms with van der Waals surface area (Å²) in [5.41, 5.74) is -1.04. The number of aromatic nitrogens is 1. The maximum atomic E-state index is 12.5. The fourth-order valence-corrected chi connectivity index (χ4v) is 1.22. The van der Waals surface area contributed by atoms with Crippen molar-refractivity contribution >= 4 is 17.6 Å². The number of esters is 1. The lowest BCUT2D eigenvalue weighted by molar-refractivity contribution is -0.139. The summed E-state index contributed by atoms with van der Waals surface area (Å²) < 4.78 is 41.8. The number of carbonyl (C=O) groups is 1. The van der Waals surface area contributed by atoms with Gasteiger partial charge in [0.25, 0.3) is 0 Å². The van der Waals surface area contributed by atoms with Gasteiger partial charge >= 0.3 is 12.1 Å². The number of alkyl halides is 3. The van der Waals surface area contributed by atoms with Crippen molar-refractivity contribution in [2.45, 2.75) is 12.6 Å². The Morgan fingerprint density at radius 1 is 1.56 bits per heavy atom. The first-order valence-electron chi connectivity index (χ1n) is 4.63. The highest BCUT2D eigenvalue weighted by Gasteiger charge is 2.34. The topological polar surface area (TPSA) is 39.2 Å². The highest BCUT2D eigenvalue weighted by Crippen LogP contribution is 2.33. The van der Waals surface area contributed by atoms with Gasteiger partial charge in [-0.15, -0.1) is 0 Å². The number of pyridine rings is 1. The van der Waals surface area contributed by atoms with Gasteiger partial charge < -0.3 is 4.74 Å². The molecule has 0 unspecified atom stereocenters. The average molecular weight is 278 g/mol. The van der Waals surface area contributed by atoms with Gasteiger partial charge in [-0.2, -0.15) is 13.2 Å². The Morgan fingerprint density at radius 2 is 2.22 bits per heavy atom. The number of nitrogens with zero attached hydrogens (tertiary/aromatic N) is 1. The quantitative estimate of drug-likeness (QED) is 0.450. The van der Waals surface area contributed by atoms with E-state index < -0.39 is 22.9 Å². The van der Waals surface area contributed by atoms with E-state index in [1.54, 1.807) is 0 Å². The van der Waals surface area contributed by atoms with Crippen molar-refractivity contribution in [3.63, 3.8) is 0 Å². The first kappa shape index (κ1) is 14.3. The molecule has 0 aliphatic heterocycles. The number of halogens is 4. The number of hydrogen-bond acceptors (Lipinski definition) is 3. The number of ether oxygens (including phenoxy) is 1. The van der Waals surface area contributed by atoms with Gasteiger partial charge in [0.05, 0.1) is 12.7 Å². The van der Waals surface area contributed by atoms with Crippen molar-refractivity contribution < 1.29 is 22.7 Å². The normalized spacial score (nSPS) is 10.5. The molecule has 0 radical (unpaired) electrons. The molecule has 0 spiro atoms. The first-order valence-corrected chi connectivity index (χ1v) is 5.01. The molecule has 0 aliphatic carbocycles. The monoisotopic (exact) mass is 277 g/mol. The van der Waals surface area contributed by atoms with Gasteiger partial charge in [0.15, 0.2) is 0 Å². The number of carbonyl (C=O) groups excluding carboxylic acids is 1. The van der Waals surface area contributed by atoms with Crippen LogP contribution in [0.15, 0.2) is 12.3 Å². The molecule has 1 rings (SSSR count). The van der Waals surface area contributed by atoms with Crippen LogP contribution in [-0.2, 0) is 15.7 Å². The molecule has 0 saturated heterocycles. The van der Waals surface area contributed by atoms with Crippen LogP contribution in [0.1, 0.15) is 17.5 Å². The fourth-order valence-electron chi connectivity index (χ4n) is 1.01. The second kappa shape index (κ2) is 5.74. The third-order valence-corrected chi connectivity index (χ3v) is 2.14. The van der Waals surface area contributed by atoms with Crippen LogP contribution in [0.3, 0.4) is 0 Å². The minimum absolute atomic E-state index is 0.0237. The lowest BCUT2D eigenvalue weighted by Crippen LogP contribution is -2.07. The molecule has 0 atom stereocenters. The van der Waals surface area contributed by atoms with Gasteiger partial charge in [0.1, 0.15) is 11.6 Å². The summed E-state index contributed by atoms with van der Waals surface area (Å²) in [6.45, 7) is 0. The van der Waals surface area contributed by atoms with Crippen LogP contribution >= 0.6 is 11.6 Å². The lowest BCUT2D eigenvalue weighted by atomic mass is 10.2. The third-order valence-electron chi connectivity index (χ3n) is 1.84. The summed E-state index contributed by atoms with van der Waals surface area (Å²) >= 11 is 5.33. The maximum absolute atomic E-state index is 12.5. The highest BCUT2D eigenvalue weighted by atomic mass is 35.5. The summed E-state index contributed by atoms with van der Waals surface area (Å²) in [5, 5.41) is -0.638. The molecule has 1 aromatic heterocycles. The Labute approximate surface area is 106 Å². The molecule has 0 amide bonds. The number of rotatable bonds is 1. The van der Waals surface area contributed by atoms with Gasteiger partial charge in [-0.3, -0.25) is 4.79 Å². The van der Waals surface area contributed by atoms with Gasteiger partial charge in [0.2, 0.25) is 0 Å². The van der Waals surface area contributed by atoms with Gasteiger partial charge in [-0.25, -0.2) is 4.98 Å². The summed E-state index contributed by atoms with van der Waals surface area (Å²) in [7, 11) is 1.19. The molecule has 0 aromatic carbocycles. The van der Waals surface area contributed by atoms with Gasteiger partial charge in [-0.1, -0.05) is 23.4 Å². The van der Waals surface area contributed by atoms with Crippen molar-refractivity contribution in [2.24, 2.45) is 0 Å². The van der Waals surface area contributed by atoms with Gasteiger partial charge in [-0.05, 0) is 6.07 Å². The Hall–Kier alpha value is -1.74. The Bertz CT molecular complexity index is 517. The van der Waals surface area contributed by atoms with Crippen LogP contribution in [0.4, 0.5) is 13.2 Å². The molecule has 0 N–H and O–H groups in total. The van der Waals surface area contributed by atoms with E-state index in [2.05, 4.69) is 21.6 Å². The molecule has 0 saturated carbocycles. The predicted molar refractivity (Wildman–Crippen MR) is 57.8 cm³/mol. The molecule has 18 heavy (non-hydrogen) atoms. The van der Waals surface area contributed by atoms with Crippen LogP contribution in [0.5, 0.6) is 0 Å². The molecule has 0 bridgehead atoms. The van der Waals surface area contributed by atoms with E-state index in [0.29, 0.717) is 0 Å². The van der Waals surface area contributed by atoms with E-state index in [-0.39, 0.29) is 12.0 Å². The molecule has 96 valence electrons. The zero-order valence-corrected chi connectivity index (χ0v) is 9.89. The second-order valence-electron chi connectivity index (χ2n) is 3.11. The van der Waals surface area contributed by atoms with Crippen LogP contribution in [-0.4, -0.2) is 18.1 Å². The van der Waals surface area contributed by atoms with E-state index >= 15 is 0 Å². The van der Waals surface area contributed by atoms with Crippen LogP contribution in [0, 0.1) is 11.8 Å². The fraction of sp³-hybridized carbons (Fsp3) is 0.273. The average Bonchev–Trinajstić information content (AvgIpc) is 2.29. The second-order valence-corrected chi connectivity index (χ2v) is 3.47. The van der Waals surface area contributed by atoms with Crippen molar-refractivity contribution in [3.8, 4) is 11.8 Å². The van der Waals surface area contributed by atoms with E-state index in [9.17, 15) is 18.0 Å². The van der Waals surface area contributed by atoms with Crippen LogP contribution in [0.2, 0.25) is 5.15 Å². The van der Waals surface area contributed by atoms with Crippen molar-refractivity contribution in [1.29, 1.82) is 0 Å². The summed E-state index contributed by atoms with van der Waals surface area (Å²) in [4.78, 5) is 14.1. The molecule has 0 aliphatic rings. The van der Waals surface area contributed by atoms with E-state index in [4.69, 9.17) is 11.6 Å². The van der Waals surface area contributed by atoms with E-state index in [0.717, 1.165) is 12.3 Å². The van der Waals surface area contributed by atoms with Crippen molar-refractivity contribution in [2.75, 3.05) is 7.11 Å². The van der Waals surface area contributed by atoms with Gasteiger partial charge in [0, 0.05) is 11.8 Å². The standard InChI is InChI=1S/C11H7ClF3NO2/c1-18-9(17)4-2-3-7-5-8(11(13,14)15)10(12)16-6-7/h5-6H,4H2,1H3. The molecule has 3 nitrogen and oxygen atoms in total. The molecule has 0 fully saturated rings. The zero-order valence-electron chi connectivity index (χ0n) is 9.14. The van der Waals surface area contributed by atoms with E-state index in [1.807, 2.05) is 0 Å². The lowest BCUT2D eigenvalue weighted by Gasteiger charge is -2.07. The van der Waals surface area contributed by atoms with Crippen molar-refractivity contribution in [3.05, 3.63) is 28.5 Å². The first-order chi connectivity index (χ1) is 8.34. The minimum atomic E-state index is -4.59. The van der Waals surface area contributed by atoms with Crippen molar-refractivity contribution in [1.82, 2.24) is 4.98 Å². The number of hydrogen-bond donors (Lipinski definition) is 0. The SMILES string of the molecule is COC(=O)CC#Cc1cnc(Cl)c(C(F)(F)F)c1. The molecule has 1 heterocycles. The predicted octanol–water partition coefficient (Wildman–Crippen LogP) is 2.67.